The van der Waals surface area contributed by atoms with Crippen LogP contribution in [0.2, 0.25) is 5.02 Å². The number of nitrogens with one attached hydrogen (secondary N) is 1. The first-order chi connectivity index (χ1) is 18.2. The number of benzene rings is 3. The summed E-state index contributed by atoms with van der Waals surface area (Å²) < 4.78 is 25.7. The van der Waals surface area contributed by atoms with Crippen molar-refractivity contribution in [3.05, 3.63) is 92.0 Å². The van der Waals surface area contributed by atoms with Crippen LogP contribution in [-0.4, -0.2) is 35.1 Å². The molecule has 7 nitrogen and oxygen atoms in total. The van der Waals surface area contributed by atoms with Gasteiger partial charge in [0, 0.05) is 20.7 Å². The molecule has 11 heteroatoms. The summed E-state index contributed by atoms with van der Waals surface area (Å²) in [6.45, 7) is 1.93. The van der Waals surface area contributed by atoms with Crippen LogP contribution in [0.1, 0.15) is 18.1 Å². The summed E-state index contributed by atoms with van der Waals surface area (Å²) in [5.41, 5.74) is 1.61. The predicted molar refractivity (Wildman–Crippen MR) is 149 cm³/mol. The van der Waals surface area contributed by atoms with Crippen molar-refractivity contribution in [3.8, 4) is 11.5 Å². The van der Waals surface area contributed by atoms with E-state index in [-0.39, 0.29) is 17.2 Å². The Morgan fingerprint density at radius 3 is 2.61 bits per heavy atom. The molecule has 1 N–H and O–H groups in total. The summed E-state index contributed by atoms with van der Waals surface area (Å²) in [6.07, 6.45) is 1.54. The minimum atomic E-state index is -0.626. The van der Waals surface area contributed by atoms with Crippen LogP contribution in [0.5, 0.6) is 11.5 Å². The van der Waals surface area contributed by atoms with Gasteiger partial charge < -0.3 is 14.8 Å². The number of carbonyl (C=O) groups excluding carboxylic acids is 3. The van der Waals surface area contributed by atoms with Crippen LogP contribution >= 0.6 is 39.3 Å². The third-order valence-corrected chi connectivity index (χ3v) is 7.24. The Kier molecular flexibility index (Phi) is 9.09. The lowest BCUT2D eigenvalue weighted by molar-refractivity contribution is -0.127. The zero-order valence-electron chi connectivity index (χ0n) is 20.0. The van der Waals surface area contributed by atoms with Crippen molar-refractivity contribution in [3.63, 3.8) is 0 Å². The van der Waals surface area contributed by atoms with Gasteiger partial charge in [0.25, 0.3) is 11.1 Å². The minimum Gasteiger partial charge on any atom is -0.490 e. The molecule has 0 unspecified atom stereocenters. The molecule has 3 aromatic rings. The van der Waals surface area contributed by atoms with Crippen LogP contribution in [-0.2, 0) is 16.2 Å². The van der Waals surface area contributed by atoms with Gasteiger partial charge in [-0.1, -0.05) is 51.8 Å². The Morgan fingerprint density at radius 1 is 1.11 bits per heavy atom. The zero-order valence-corrected chi connectivity index (χ0v) is 23.2. The van der Waals surface area contributed by atoms with Gasteiger partial charge in [-0.05, 0) is 66.7 Å². The van der Waals surface area contributed by atoms with Crippen LogP contribution in [0.4, 0.5) is 14.9 Å². The third kappa shape index (κ3) is 6.75. The molecule has 1 heterocycles. The average Bonchev–Trinajstić information content (AvgIpc) is 3.13. The second-order valence-electron chi connectivity index (χ2n) is 7.96. The fraction of sp³-hybridized carbons (Fsp3) is 0.148. The molecule has 1 aliphatic rings. The van der Waals surface area contributed by atoms with E-state index in [4.69, 9.17) is 21.1 Å². The van der Waals surface area contributed by atoms with Crippen LogP contribution in [0.25, 0.3) is 6.08 Å². The van der Waals surface area contributed by atoms with Gasteiger partial charge in [0.05, 0.1) is 11.5 Å². The van der Waals surface area contributed by atoms with E-state index < -0.39 is 29.4 Å². The Balaban J connectivity index is 1.50. The lowest BCUT2D eigenvalue weighted by atomic mass is 10.1. The molecule has 196 valence electrons. The van der Waals surface area contributed by atoms with E-state index in [2.05, 4.69) is 21.2 Å². The van der Waals surface area contributed by atoms with Crippen LogP contribution in [0.3, 0.4) is 0 Å². The Bertz CT molecular complexity index is 1430. The number of ether oxygens (including phenoxy) is 2. The summed E-state index contributed by atoms with van der Waals surface area (Å²) in [6, 6.07) is 16.1. The highest BCUT2D eigenvalue weighted by Gasteiger charge is 2.36. The first-order valence-electron chi connectivity index (χ1n) is 11.4. The van der Waals surface area contributed by atoms with E-state index in [1.807, 2.05) is 25.1 Å². The van der Waals surface area contributed by atoms with E-state index in [1.54, 1.807) is 24.3 Å². The molecular weight excluding hydrogens is 599 g/mol. The van der Waals surface area contributed by atoms with Gasteiger partial charge in [-0.2, -0.15) is 0 Å². The molecule has 3 aromatic carbocycles. The number of rotatable bonds is 9. The zero-order chi connectivity index (χ0) is 27.2. The van der Waals surface area contributed by atoms with Crippen LogP contribution in [0.15, 0.2) is 70.0 Å². The lowest BCUT2D eigenvalue weighted by Crippen LogP contribution is -2.36. The smallest absolute Gasteiger partial charge is 0.294 e. The monoisotopic (exact) mass is 618 g/mol. The normalized spacial score (nSPS) is 14.2. The molecule has 1 saturated heterocycles. The SMILES string of the molecule is CCOc1cc(/C=C2/SC(=O)N(CC(=O)Nc3cccc(F)c3)C2=O)c(Br)cc1OCc1ccccc1Cl. The molecule has 0 spiro atoms. The largest absolute Gasteiger partial charge is 0.490 e. The summed E-state index contributed by atoms with van der Waals surface area (Å²) in [4.78, 5) is 38.8. The quantitative estimate of drug-likeness (QED) is 0.263. The highest BCUT2D eigenvalue weighted by Crippen LogP contribution is 2.38. The summed E-state index contributed by atoms with van der Waals surface area (Å²) >= 11 is 10.4. The molecule has 0 saturated carbocycles. The molecule has 0 bridgehead atoms. The van der Waals surface area contributed by atoms with Crippen molar-refractivity contribution in [1.82, 2.24) is 4.90 Å². The average molecular weight is 620 g/mol. The second kappa shape index (κ2) is 12.5. The molecule has 4 rings (SSSR count). The summed E-state index contributed by atoms with van der Waals surface area (Å²) in [5, 5.41) is 2.48. The van der Waals surface area contributed by atoms with Gasteiger partial charge >= 0.3 is 0 Å². The first kappa shape index (κ1) is 27.7. The number of thioether (sulfide) groups is 1. The number of hydrogen-bond acceptors (Lipinski definition) is 6. The van der Waals surface area contributed by atoms with E-state index in [1.165, 1.54) is 18.2 Å². The third-order valence-electron chi connectivity index (χ3n) is 5.27. The fourth-order valence-electron chi connectivity index (χ4n) is 3.50. The Hall–Kier alpha value is -3.34. The molecule has 0 aromatic heterocycles. The van der Waals surface area contributed by atoms with Gasteiger partial charge in [-0.15, -0.1) is 0 Å². The van der Waals surface area contributed by atoms with E-state index in [0.717, 1.165) is 28.3 Å². The van der Waals surface area contributed by atoms with Gasteiger partial charge in [-0.25, -0.2) is 4.39 Å². The highest BCUT2D eigenvalue weighted by molar-refractivity contribution is 9.10. The van der Waals surface area contributed by atoms with Crippen LogP contribution < -0.4 is 14.8 Å². The Labute approximate surface area is 236 Å². The van der Waals surface area contributed by atoms with Crippen molar-refractivity contribution < 1.29 is 28.2 Å². The number of halogens is 3. The predicted octanol–water partition coefficient (Wildman–Crippen LogP) is 6.89. The van der Waals surface area contributed by atoms with E-state index >= 15 is 0 Å². The van der Waals surface area contributed by atoms with Crippen molar-refractivity contribution in [2.24, 2.45) is 0 Å². The van der Waals surface area contributed by atoms with E-state index in [0.29, 0.717) is 33.2 Å². The number of amides is 3. The van der Waals surface area contributed by atoms with Gasteiger partial charge in [0.2, 0.25) is 5.91 Å². The maximum atomic E-state index is 13.4. The maximum Gasteiger partial charge on any atom is 0.294 e. The molecule has 0 atom stereocenters. The maximum absolute atomic E-state index is 13.4. The van der Waals surface area contributed by atoms with Crippen molar-refractivity contribution in [1.29, 1.82) is 0 Å². The van der Waals surface area contributed by atoms with Crippen molar-refractivity contribution in [2.45, 2.75) is 13.5 Å². The first-order valence-corrected chi connectivity index (χ1v) is 13.4. The Morgan fingerprint density at radius 2 is 1.87 bits per heavy atom. The topological polar surface area (TPSA) is 84.9 Å². The van der Waals surface area contributed by atoms with Crippen molar-refractivity contribution >= 4 is 68.1 Å². The molecule has 0 aliphatic carbocycles. The van der Waals surface area contributed by atoms with Crippen molar-refractivity contribution in [2.75, 3.05) is 18.5 Å². The summed E-state index contributed by atoms with van der Waals surface area (Å²) in [7, 11) is 0. The number of carbonyl (C=O) groups is 3. The molecule has 1 aliphatic heterocycles. The molecular formula is C27H21BrClFN2O5S. The molecule has 0 radical (unpaired) electrons. The standard InChI is InChI=1S/C27H21BrClFN2O5S/c1-2-36-22-10-17(20(28)13-23(22)37-15-16-6-3-4-9-21(16)29)11-24-26(34)32(27(35)38-24)14-25(33)31-19-8-5-7-18(30)12-19/h3-13H,2,14-15H2,1H3,(H,31,33)/b24-11+. The number of hydrogen-bond donors (Lipinski definition) is 1. The molecule has 38 heavy (non-hydrogen) atoms. The highest BCUT2D eigenvalue weighted by atomic mass is 79.9. The minimum absolute atomic E-state index is 0.140. The second-order valence-corrected chi connectivity index (χ2v) is 10.2. The molecule has 3 amide bonds. The number of anilines is 1. The summed E-state index contributed by atoms with van der Waals surface area (Å²) in [5.74, 6) is -0.841. The number of nitrogens with zero attached hydrogens (tertiary/aromatic N) is 1. The number of imide groups is 1. The lowest BCUT2D eigenvalue weighted by Gasteiger charge is -2.15. The van der Waals surface area contributed by atoms with Gasteiger partial charge in [-0.3, -0.25) is 19.3 Å². The fourth-order valence-corrected chi connectivity index (χ4v) is 4.96. The van der Waals surface area contributed by atoms with E-state index in [9.17, 15) is 18.8 Å². The molecule has 1 fully saturated rings. The van der Waals surface area contributed by atoms with Crippen LogP contribution in [0, 0.1) is 5.82 Å². The van der Waals surface area contributed by atoms with Gasteiger partial charge in [0.1, 0.15) is 19.0 Å². The van der Waals surface area contributed by atoms with Gasteiger partial charge in [0.15, 0.2) is 11.5 Å².